The number of halogens is 1. The summed E-state index contributed by atoms with van der Waals surface area (Å²) in [5.74, 6) is 1.40. The van der Waals surface area contributed by atoms with Crippen LogP contribution in [-0.2, 0) is 14.4 Å². The minimum Gasteiger partial charge on any atom is -0.508 e. The molecule has 428 valence electrons. The van der Waals surface area contributed by atoms with Crippen LogP contribution in [0.3, 0.4) is 0 Å². The van der Waals surface area contributed by atoms with Gasteiger partial charge >= 0.3 is 18.0 Å². The van der Waals surface area contributed by atoms with E-state index < -0.39 is 5.97 Å². The number of anilines is 2. The lowest BCUT2D eigenvalue weighted by atomic mass is 10.0. The summed E-state index contributed by atoms with van der Waals surface area (Å²) >= 11 is 0. The van der Waals surface area contributed by atoms with Gasteiger partial charge in [-0.2, -0.15) is 19.9 Å². The predicted octanol–water partition coefficient (Wildman–Crippen LogP) is 8.25. The predicted molar refractivity (Wildman–Crippen MR) is 321 cm³/mol. The maximum absolute atomic E-state index is 12.2. The van der Waals surface area contributed by atoms with Gasteiger partial charge in [0, 0.05) is 94.0 Å². The Labute approximate surface area is 480 Å². The summed E-state index contributed by atoms with van der Waals surface area (Å²) in [5, 5.41) is 15.8. The van der Waals surface area contributed by atoms with Crippen molar-refractivity contribution in [1.82, 2.24) is 49.5 Å². The number of carbonyl (C=O) groups is 3. The first kappa shape index (κ1) is 57.1. The van der Waals surface area contributed by atoms with Gasteiger partial charge in [-0.25, -0.2) is 4.79 Å². The van der Waals surface area contributed by atoms with Gasteiger partial charge in [-0.05, 0) is 123 Å². The number of hydrogen-bond donors (Lipinski definition) is 1. The van der Waals surface area contributed by atoms with E-state index in [4.69, 9.17) is 44.1 Å². The summed E-state index contributed by atoms with van der Waals surface area (Å²) in [6.07, 6.45) is 11.9. The number of hydrogen-bond acceptors (Lipinski definition) is 17. The van der Waals surface area contributed by atoms with Crippen LogP contribution in [0.5, 0.6) is 23.5 Å². The fourth-order valence-electron chi connectivity index (χ4n) is 11.4. The molecule has 0 bridgehead atoms. The number of aromatic nitrogens is 6. The number of fused-ring (bicyclic) bond motifs is 4. The molecule has 8 aromatic rings. The zero-order valence-electron chi connectivity index (χ0n) is 46.7. The van der Waals surface area contributed by atoms with Crippen LogP contribution in [0.1, 0.15) is 25.7 Å². The van der Waals surface area contributed by atoms with Crippen LogP contribution in [-0.4, -0.2) is 177 Å². The maximum Gasteiger partial charge on any atom is 0.335 e. The van der Waals surface area contributed by atoms with Gasteiger partial charge < -0.3 is 48.7 Å². The van der Waals surface area contributed by atoms with Crippen LogP contribution in [0, 0.1) is 0 Å². The number of ether oxygens (including phenoxy) is 3. The highest BCUT2D eigenvalue weighted by Gasteiger charge is 2.28. The lowest BCUT2D eigenvalue weighted by Crippen LogP contribution is -2.48. The smallest absolute Gasteiger partial charge is 0.335 e. The summed E-state index contributed by atoms with van der Waals surface area (Å²) < 4.78 is 17.9. The first-order valence-electron chi connectivity index (χ1n) is 27.9. The van der Waals surface area contributed by atoms with Gasteiger partial charge in [-0.1, -0.05) is 68.3 Å². The van der Waals surface area contributed by atoms with Crippen LogP contribution in [0.2, 0.25) is 0 Å². The highest BCUT2D eigenvalue weighted by molar-refractivity contribution is 6.01. The molecule has 0 radical (unpaired) electrons. The fraction of sp³-hybridized carbons (Fsp3) is 0.317. The number of nitrogens with zero attached hydrogens (tertiary/aromatic N) is 12. The zero-order chi connectivity index (χ0) is 56.9. The average Bonchev–Trinajstić information content (AvgIpc) is 4.05. The molecule has 4 aromatic heterocycles. The van der Waals surface area contributed by atoms with E-state index in [1.807, 2.05) is 72.8 Å². The van der Waals surface area contributed by atoms with E-state index in [2.05, 4.69) is 53.4 Å². The largest absolute Gasteiger partial charge is 0.508 e. The van der Waals surface area contributed by atoms with Crippen molar-refractivity contribution in [2.45, 2.75) is 37.8 Å². The van der Waals surface area contributed by atoms with E-state index in [0.29, 0.717) is 112 Å². The molecule has 4 aromatic carbocycles. The minimum absolute atomic E-state index is 0. The van der Waals surface area contributed by atoms with Gasteiger partial charge in [-0.15, -0.1) is 0 Å². The third-order valence-corrected chi connectivity index (χ3v) is 16.0. The van der Waals surface area contributed by atoms with Crippen LogP contribution in [0.25, 0.3) is 65.9 Å². The molecule has 83 heavy (non-hydrogen) atoms. The van der Waals surface area contributed by atoms with Gasteiger partial charge in [0.25, 0.3) is 0 Å². The number of aromatic hydroxyl groups is 1. The number of phenolic OH excluding ortho intramolecular Hbond substituents is 1. The number of likely N-dealkylation sites (tertiary alicyclic amines) is 2. The molecule has 0 aliphatic carbocycles. The van der Waals surface area contributed by atoms with E-state index in [0.717, 1.165) is 105 Å². The van der Waals surface area contributed by atoms with Crippen LogP contribution < -0.4 is 24.0 Å². The molecule has 19 nitrogen and oxygen atoms in total. The summed E-state index contributed by atoms with van der Waals surface area (Å²) in [7, 11) is 4.23. The van der Waals surface area contributed by atoms with Gasteiger partial charge in [0.15, 0.2) is 0 Å². The Hall–Kier alpha value is -9.14. The van der Waals surface area contributed by atoms with Gasteiger partial charge in [0.05, 0.1) is 33.2 Å². The lowest BCUT2D eigenvalue weighted by molar-refractivity contribution is -0.129. The van der Waals surface area contributed by atoms with Gasteiger partial charge in [-0.3, -0.25) is 24.3 Å². The molecule has 0 spiro atoms. The van der Waals surface area contributed by atoms with Gasteiger partial charge in [0.1, 0.15) is 36.3 Å². The van der Waals surface area contributed by atoms with Crippen molar-refractivity contribution in [3.8, 4) is 46.0 Å². The molecule has 1 N–H and O–H groups in total. The average molecular weight is 1120 g/mol. The van der Waals surface area contributed by atoms with E-state index in [-0.39, 0.29) is 22.3 Å². The molecular formula is C63H67FN12O7. The Balaban J connectivity index is 0.000000184. The number of benzene rings is 4. The number of amides is 2. The Morgan fingerprint density at radius 2 is 1.02 bits per heavy atom. The Morgan fingerprint density at radius 3 is 1.47 bits per heavy atom. The van der Waals surface area contributed by atoms with Crippen LogP contribution >= 0.6 is 0 Å². The Morgan fingerprint density at radius 1 is 0.566 bits per heavy atom. The molecule has 8 heterocycles. The first-order valence-corrected chi connectivity index (χ1v) is 27.9. The van der Waals surface area contributed by atoms with E-state index >= 15 is 0 Å². The van der Waals surface area contributed by atoms with E-state index in [1.54, 1.807) is 34.3 Å². The van der Waals surface area contributed by atoms with Crippen molar-refractivity contribution in [1.29, 1.82) is 0 Å². The summed E-state index contributed by atoms with van der Waals surface area (Å²) in [6, 6.07) is 28.1. The van der Waals surface area contributed by atoms with Gasteiger partial charge in [0.2, 0.25) is 11.8 Å². The standard InChI is InChI=1S/C33H34N6O4.C30H32N6O3.FH/c1-4-30(40)38-13-15-39(16-14-38)32-27-20-34-28(19-29(27)35-33(36-32)42-21-23-10-8-12-37(23)3)26-18-24(43-31(41)5-2)17-22-9-6-7-11-25(22)26;1-3-28(38)35-11-13-36(14-12-35)29-25-18-31-26(24-16-22(37)15-20-7-4-5-9-23(20)24)17-27(25)32-30(33-29)39-19-21-8-6-10-34(21)2;/h4-7,9,11,17-20,23H,1-2,8,10,12-16,21H2,3H3;3-5,7,9,15-18,21,37H,1,6,8,10-14,19H2,2H3;1H/t23-;21-;/m00./s1. The molecule has 20 heteroatoms. The van der Waals surface area contributed by atoms with Crippen molar-refractivity contribution in [2.75, 3.05) is 103 Å². The molecule has 4 aliphatic heterocycles. The Kier molecular flexibility index (Phi) is 17.4. The van der Waals surface area contributed by atoms with Crippen molar-refractivity contribution in [2.24, 2.45) is 0 Å². The quantitative estimate of drug-likeness (QED) is 0.0620. The number of likely N-dealkylation sites (N-methyl/N-ethyl adjacent to an activating group) is 2. The molecule has 4 aliphatic rings. The second-order valence-electron chi connectivity index (χ2n) is 21.1. The van der Waals surface area contributed by atoms with Crippen LogP contribution in [0.15, 0.2) is 135 Å². The number of rotatable bonds is 14. The minimum atomic E-state index is -0.533. The second kappa shape index (κ2) is 25.3. The molecule has 0 unspecified atom stereocenters. The third kappa shape index (κ3) is 12.5. The van der Waals surface area contributed by atoms with Crippen molar-refractivity contribution in [3.63, 3.8) is 0 Å². The molecule has 2 amide bonds. The molecular weight excluding hydrogens is 1060 g/mol. The van der Waals surface area contributed by atoms with Crippen molar-refractivity contribution >= 4 is 72.8 Å². The molecule has 12 rings (SSSR count). The fourth-order valence-corrected chi connectivity index (χ4v) is 11.4. The number of phenols is 1. The van der Waals surface area contributed by atoms with E-state index in [1.165, 1.54) is 12.2 Å². The first-order chi connectivity index (χ1) is 39.9. The number of piperazine rings is 2. The number of pyridine rings is 2. The van der Waals surface area contributed by atoms with Crippen LogP contribution in [0.4, 0.5) is 16.3 Å². The number of esters is 1. The van der Waals surface area contributed by atoms with Crippen molar-refractivity contribution < 1.29 is 38.4 Å². The second-order valence-corrected chi connectivity index (χ2v) is 21.1. The molecule has 0 saturated carbocycles. The van der Waals surface area contributed by atoms with Crippen molar-refractivity contribution in [3.05, 3.63) is 135 Å². The third-order valence-electron chi connectivity index (χ3n) is 16.0. The normalized spacial score (nSPS) is 17.5. The topological polar surface area (TPSA) is 196 Å². The highest BCUT2D eigenvalue weighted by atomic mass is 19.0. The molecule has 4 saturated heterocycles. The van der Waals surface area contributed by atoms with E-state index in [9.17, 15) is 19.5 Å². The Bertz CT molecular complexity index is 3760. The maximum atomic E-state index is 12.2. The lowest BCUT2D eigenvalue weighted by Gasteiger charge is -2.35. The zero-order valence-corrected chi connectivity index (χ0v) is 46.7. The summed E-state index contributed by atoms with van der Waals surface area (Å²) in [4.78, 5) is 77.7. The molecule has 4 fully saturated rings. The monoisotopic (exact) mass is 1120 g/mol. The number of carbonyl (C=O) groups excluding carboxylic acids is 3. The highest BCUT2D eigenvalue weighted by Crippen LogP contribution is 2.37. The summed E-state index contributed by atoms with van der Waals surface area (Å²) in [5.41, 5.74) is 4.43. The SMILES string of the molecule is C=CC(=O)N1CCN(c2nc(OC[C@@H]3CCCN3C)nc3cc(-c4cc(O)cc5ccccc45)ncc23)CC1.C=CC(=O)Oc1cc(-c2cc3nc(OC[C@@H]4CCCN4C)nc(N4CCN(C(=O)C=C)CC4)c3cn2)c2ccccc2c1.F. The summed E-state index contributed by atoms with van der Waals surface area (Å²) in [6.45, 7) is 18.7. The molecule has 2 atom stereocenters.